The lowest BCUT2D eigenvalue weighted by molar-refractivity contribution is 0.0693. The maximum atomic E-state index is 12.3. The number of aromatic hydroxyl groups is 1. The van der Waals surface area contributed by atoms with Crippen LogP contribution in [-0.4, -0.2) is 45.2 Å². The van der Waals surface area contributed by atoms with E-state index in [-0.39, 0.29) is 17.5 Å². The first kappa shape index (κ1) is 19.4. The van der Waals surface area contributed by atoms with Gasteiger partial charge in [-0.05, 0) is 35.7 Å². The number of nitrogens with one attached hydrogen (secondary N) is 1. The molecular weight excluding hydrogens is 339 g/mol. The molecule has 0 fully saturated rings. The van der Waals surface area contributed by atoms with E-state index in [0.29, 0.717) is 12.1 Å². The lowest BCUT2D eigenvalue weighted by Gasteiger charge is -2.19. The topological polar surface area (TPSA) is 153 Å². The monoisotopic (exact) mass is 358 g/mol. The van der Waals surface area contributed by atoms with Crippen molar-refractivity contribution in [3.05, 3.63) is 64.7 Å². The lowest BCUT2D eigenvalue weighted by atomic mass is 9.75. The summed E-state index contributed by atoms with van der Waals surface area (Å²) >= 11 is 0. The Labute approximate surface area is 150 Å². The molecule has 26 heavy (non-hydrogen) atoms. The Morgan fingerprint density at radius 3 is 2.31 bits per heavy atom. The first-order valence-electron chi connectivity index (χ1n) is 7.83. The third-order valence-corrected chi connectivity index (χ3v) is 3.92. The summed E-state index contributed by atoms with van der Waals surface area (Å²) in [7, 11) is -1.91. The molecule has 2 rings (SSSR count). The molecule has 0 aromatic heterocycles. The van der Waals surface area contributed by atoms with Gasteiger partial charge < -0.3 is 31.3 Å². The summed E-state index contributed by atoms with van der Waals surface area (Å²) in [5.41, 5.74) is 6.50. The summed E-state index contributed by atoms with van der Waals surface area (Å²) in [6, 6.07) is 10.6. The molecule has 1 atom stereocenters. The van der Waals surface area contributed by atoms with Gasteiger partial charge in [0.15, 0.2) is 0 Å². The summed E-state index contributed by atoms with van der Waals surface area (Å²) in [4.78, 5) is 23.4. The van der Waals surface area contributed by atoms with Crippen LogP contribution in [0.25, 0.3) is 0 Å². The molecule has 136 valence electrons. The molecule has 0 aliphatic heterocycles. The molecule has 0 radical (unpaired) electrons. The number of benzene rings is 2. The Bertz CT molecular complexity index is 794. The molecule has 2 aromatic rings. The van der Waals surface area contributed by atoms with Gasteiger partial charge in [0.05, 0.1) is 5.94 Å². The second kappa shape index (κ2) is 8.48. The highest BCUT2D eigenvalue weighted by molar-refractivity contribution is 6.43. The minimum Gasteiger partial charge on any atom is -0.507 e. The fourth-order valence-corrected chi connectivity index (χ4v) is 2.44. The van der Waals surface area contributed by atoms with Crippen molar-refractivity contribution in [2.45, 2.75) is 18.9 Å². The zero-order valence-corrected chi connectivity index (χ0v) is 13.8. The Balaban J connectivity index is 2.17. The van der Waals surface area contributed by atoms with Crippen LogP contribution in [-0.2, 0) is 13.0 Å². The van der Waals surface area contributed by atoms with Gasteiger partial charge in [0.2, 0.25) is 0 Å². The van der Waals surface area contributed by atoms with Gasteiger partial charge in [-0.1, -0.05) is 24.3 Å². The summed E-state index contributed by atoms with van der Waals surface area (Å²) < 4.78 is 0. The van der Waals surface area contributed by atoms with Crippen LogP contribution in [0.4, 0.5) is 0 Å². The quantitative estimate of drug-likeness (QED) is 0.378. The van der Waals surface area contributed by atoms with Crippen molar-refractivity contribution in [2.75, 3.05) is 0 Å². The highest BCUT2D eigenvalue weighted by Crippen LogP contribution is 2.24. The minimum atomic E-state index is -1.91. The van der Waals surface area contributed by atoms with Crippen LogP contribution in [0.2, 0.25) is 0 Å². The number of aromatic carboxylic acids is 1. The summed E-state index contributed by atoms with van der Waals surface area (Å²) in [5.74, 6) is -3.48. The molecule has 9 heteroatoms. The molecule has 0 saturated carbocycles. The van der Waals surface area contributed by atoms with Crippen molar-refractivity contribution < 1.29 is 29.9 Å². The Hall–Kier alpha value is -2.88. The number of para-hydroxylation sites is 1. The highest BCUT2D eigenvalue weighted by atomic mass is 16.4. The number of rotatable bonds is 7. The van der Waals surface area contributed by atoms with E-state index < -0.39 is 30.7 Å². The van der Waals surface area contributed by atoms with Gasteiger partial charge in [0.1, 0.15) is 11.3 Å². The maximum Gasteiger partial charge on any atom is 0.475 e. The fourth-order valence-electron chi connectivity index (χ4n) is 2.44. The SMILES string of the molecule is NCc1ccc(C(=O)N[C@@H](Cc2cccc(C(=O)O)c2O)B(O)O)cc1. The first-order chi connectivity index (χ1) is 12.3. The van der Waals surface area contributed by atoms with Gasteiger partial charge in [-0.2, -0.15) is 0 Å². The number of carboxylic acid groups (broad SMARTS) is 1. The van der Waals surface area contributed by atoms with Crippen molar-refractivity contribution in [3.63, 3.8) is 0 Å². The van der Waals surface area contributed by atoms with Crippen LogP contribution in [0, 0.1) is 0 Å². The summed E-state index contributed by atoms with van der Waals surface area (Å²) in [6.07, 6.45) is -0.169. The normalized spacial score (nSPS) is 11.7. The van der Waals surface area contributed by atoms with E-state index in [1.165, 1.54) is 18.2 Å². The zero-order valence-electron chi connectivity index (χ0n) is 13.8. The molecule has 0 spiro atoms. The largest absolute Gasteiger partial charge is 0.507 e. The van der Waals surface area contributed by atoms with Crippen LogP contribution in [0.1, 0.15) is 31.8 Å². The predicted octanol–water partition coefficient (Wildman–Crippen LogP) is -0.0978. The highest BCUT2D eigenvalue weighted by Gasteiger charge is 2.27. The smallest absolute Gasteiger partial charge is 0.475 e. The van der Waals surface area contributed by atoms with Gasteiger partial charge in [0, 0.05) is 12.1 Å². The lowest BCUT2D eigenvalue weighted by Crippen LogP contribution is -2.47. The Kier molecular flexibility index (Phi) is 6.34. The van der Waals surface area contributed by atoms with Gasteiger partial charge in [-0.3, -0.25) is 4.79 Å². The van der Waals surface area contributed by atoms with Crippen molar-refractivity contribution >= 4 is 19.0 Å². The molecule has 0 heterocycles. The van der Waals surface area contributed by atoms with E-state index in [1.807, 2.05) is 0 Å². The Morgan fingerprint density at radius 2 is 1.77 bits per heavy atom. The minimum absolute atomic E-state index is 0.168. The molecule has 0 bridgehead atoms. The van der Waals surface area contributed by atoms with E-state index in [0.717, 1.165) is 5.56 Å². The molecule has 8 nitrogen and oxygen atoms in total. The molecule has 0 unspecified atom stereocenters. The second-order valence-electron chi connectivity index (χ2n) is 5.72. The number of carbonyl (C=O) groups is 2. The number of hydrogen-bond acceptors (Lipinski definition) is 6. The van der Waals surface area contributed by atoms with E-state index in [9.17, 15) is 24.7 Å². The van der Waals surface area contributed by atoms with Crippen LogP contribution < -0.4 is 11.1 Å². The van der Waals surface area contributed by atoms with Crippen molar-refractivity contribution in [2.24, 2.45) is 5.73 Å². The van der Waals surface area contributed by atoms with E-state index in [1.54, 1.807) is 24.3 Å². The standard InChI is InChI=1S/C17H19BN2O6/c19-9-10-4-6-11(7-5-10)16(22)20-14(18(25)26)8-12-2-1-3-13(15(12)21)17(23)24/h1-7,14,21,25-26H,8-9,19H2,(H,20,22)(H,23,24)/t14-/m0/s1. The number of phenols is 1. The van der Waals surface area contributed by atoms with Crippen LogP contribution in [0.3, 0.4) is 0 Å². The van der Waals surface area contributed by atoms with Crippen LogP contribution in [0.5, 0.6) is 5.75 Å². The fraction of sp³-hybridized carbons (Fsp3) is 0.176. The molecule has 1 amide bonds. The number of amides is 1. The van der Waals surface area contributed by atoms with E-state index in [4.69, 9.17) is 10.8 Å². The predicted molar refractivity (Wildman–Crippen MR) is 94.5 cm³/mol. The summed E-state index contributed by atoms with van der Waals surface area (Å²) in [6.45, 7) is 0.332. The van der Waals surface area contributed by atoms with Crippen molar-refractivity contribution in [1.82, 2.24) is 5.32 Å². The van der Waals surface area contributed by atoms with Crippen LogP contribution in [0.15, 0.2) is 42.5 Å². The molecule has 2 aromatic carbocycles. The third kappa shape index (κ3) is 4.60. The van der Waals surface area contributed by atoms with Crippen molar-refractivity contribution in [1.29, 1.82) is 0 Å². The third-order valence-electron chi connectivity index (χ3n) is 3.92. The molecule has 7 N–H and O–H groups in total. The second-order valence-corrected chi connectivity index (χ2v) is 5.72. The van der Waals surface area contributed by atoms with Gasteiger partial charge in [-0.15, -0.1) is 0 Å². The number of carboxylic acids is 1. The average molecular weight is 358 g/mol. The Morgan fingerprint density at radius 1 is 1.12 bits per heavy atom. The molecule has 0 saturated heterocycles. The maximum absolute atomic E-state index is 12.3. The van der Waals surface area contributed by atoms with E-state index >= 15 is 0 Å². The first-order valence-corrected chi connectivity index (χ1v) is 7.83. The molecular formula is C17H19BN2O6. The summed E-state index contributed by atoms with van der Waals surface area (Å²) in [5, 5.41) is 40.6. The van der Waals surface area contributed by atoms with Crippen LogP contribution >= 0.6 is 0 Å². The average Bonchev–Trinajstić information content (AvgIpc) is 2.62. The van der Waals surface area contributed by atoms with Gasteiger partial charge >= 0.3 is 13.1 Å². The number of nitrogens with two attached hydrogens (primary N) is 1. The van der Waals surface area contributed by atoms with Crippen molar-refractivity contribution in [3.8, 4) is 5.75 Å². The van der Waals surface area contributed by atoms with Gasteiger partial charge in [-0.25, -0.2) is 4.79 Å². The number of hydrogen-bond donors (Lipinski definition) is 6. The van der Waals surface area contributed by atoms with E-state index in [2.05, 4.69) is 5.32 Å². The zero-order chi connectivity index (χ0) is 19.3. The number of carbonyl (C=O) groups excluding carboxylic acids is 1. The van der Waals surface area contributed by atoms with Gasteiger partial charge in [0.25, 0.3) is 5.91 Å². The molecule has 0 aliphatic carbocycles. The molecule has 0 aliphatic rings.